The maximum Gasteiger partial charge on any atom is 0.287 e. The van der Waals surface area contributed by atoms with Gasteiger partial charge in [-0.15, -0.1) is 0 Å². The highest BCUT2D eigenvalue weighted by Gasteiger charge is 2.27. The van der Waals surface area contributed by atoms with Gasteiger partial charge < -0.3 is 10.6 Å². The second-order valence-corrected chi connectivity index (χ2v) is 6.31. The fourth-order valence-electron chi connectivity index (χ4n) is 2.82. The van der Waals surface area contributed by atoms with E-state index in [9.17, 15) is 4.79 Å². The van der Waals surface area contributed by atoms with Gasteiger partial charge in [-0.25, -0.2) is 4.68 Å². The zero-order valence-electron chi connectivity index (χ0n) is 12.9. The predicted octanol–water partition coefficient (Wildman–Crippen LogP) is 2.12. The lowest BCUT2D eigenvalue weighted by Crippen LogP contribution is -2.43. The van der Waals surface area contributed by atoms with E-state index in [1.807, 2.05) is 0 Å². The van der Waals surface area contributed by atoms with Crippen LogP contribution in [0.4, 0.5) is 5.69 Å². The van der Waals surface area contributed by atoms with E-state index in [1.165, 1.54) is 4.68 Å². The monoisotopic (exact) mass is 312 g/mol. The maximum atomic E-state index is 12.3. The quantitative estimate of drug-likeness (QED) is 0.904. The molecule has 21 heavy (non-hydrogen) atoms. The topological polar surface area (TPSA) is 64.2 Å². The van der Waals surface area contributed by atoms with E-state index in [0.717, 1.165) is 38.0 Å². The van der Waals surface area contributed by atoms with Crippen molar-refractivity contribution in [3.63, 3.8) is 0 Å². The molecular formula is C15H25ClN4O. The molecule has 5 nitrogen and oxygen atoms in total. The van der Waals surface area contributed by atoms with Crippen LogP contribution in [0.15, 0.2) is 11.0 Å². The molecule has 0 aromatic carbocycles. The van der Waals surface area contributed by atoms with Crippen molar-refractivity contribution in [2.45, 2.75) is 39.7 Å². The average Bonchev–Trinajstić information content (AvgIpc) is 2.49. The summed E-state index contributed by atoms with van der Waals surface area (Å²) in [5.41, 5.74) is 6.40. The number of nitrogens with two attached hydrogens (primary N) is 1. The summed E-state index contributed by atoms with van der Waals surface area (Å²) in [5, 5.41) is 4.55. The molecule has 1 aromatic rings. The Kier molecular flexibility index (Phi) is 5.65. The molecule has 2 N–H and O–H groups in total. The molecule has 0 bridgehead atoms. The molecule has 2 rings (SSSR count). The van der Waals surface area contributed by atoms with Gasteiger partial charge in [0.2, 0.25) is 0 Å². The van der Waals surface area contributed by atoms with Gasteiger partial charge in [-0.1, -0.05) is 31.9 Å². The molecule has 6 heteroatoms. The molecule has 0 aliphatic carbocycles. The third-order valence-corrected chi connectivity index (χ3v) is 4.80. The summed E-state index contributed by atoms with van der Waals surface area (Å²) < 4.78 is 1.46. The first kappa shape index (κ1) is 16.3. The SMILES string of the molecule is CCCCn1ncc(N2CCC(C)C(CN)C2)c(Cl)c1=O. The first-order valence-corrected chi connectivity index (χ1v) is 8.16. The van der Waals surface area contributed by atoms with Gasteiger partial charge in [0, 0.05) is 19.6 Å². The second kappa shape index (κ2) is 7.27. The van der Waals surface area contributed by atoms with Crippen molar-refractivity contribution in [3.05, 3.63) is 21.6 Å². The van der Waals surface area contributed by atoms with Crippen LogP contribution in [0.5, 0.6) is 0 Å². The third-order valence-electron chi connectivity index (χ3n) is 4.45. The number of unbranched alkanes of at least 4 members (excludes halogenated alkanes) is 1. The first-order valence-electron chi connectivity index (χ1n) is 7.79. The van der Waals surface area contributed by atoms with E-state index in [0.29, 0.717) is 24.9 Å². The Morgan fingerprint density at radius 1 is 1.52 bits per heavy atom. The summed E-state index contributed by atoms with van der Waals surface area (Å²) in [6.07, 6.45) is 4.74. The van der Waals surface area contributed by atoms with Crippen molar-refractivity contribution in [3.8, 4) is 0 Å². The molecular weight excluding hydrogens is 288 g/mol. The lowest BCUT2D eigenvalue weighted by Gasteiger charge is -2.38. The standard InChI is InChI=1S/C15H25ClN4O/c1-3-4-6-20-15(21)14(16)13(9-18-20)19-7-5-11(2)12(8-17)10-19/h9,11-12H,3-8,10,17H2,1-2H3. The van der Waals surface area contributed by atoms with Crippen LogP contribution in [0, 0.1) is 11.8 Å². The Morgan fingerprint density at radius 3 is 2.95 bits per heavy atom. The Bertz CT molecular complexity index is 531. The number of hydrogen-bond acceptors (Lipinski definition) is 4. The number of anilines is 1. The first-order chi connectivity index (χ1) is 10.1. The number of aromatic nitrogens is 2. The highest BCUT2D eigenvalue weighted by molar-refractivity contribution is 6.33. The molecule has 2 atom stereocenters. The average molecular weight is 313 g/mol. The Morgan fingerprint density at radius 2 is 2.29 bits per heavy atom. The van der Waals surface area contributed by atoms with Crippen LogP contribution in [-0.2, 0) is 6.54 Å². The Labute approximate surface area is 131 Å². The number of rotatable bonds is 5. The van der Waals surface area contributed by atoms with Gasteiger partial charge in [-0.2, -0.15) is 5.10 Å². The van der Waals surface area contributed by atoms with Crippen LogP contribution in [0.1, 0.15) is 33.1 Å². The summed E-state index contributed by atoms with van der Waals surface area (Å²) in [6, 6.07) is 0. The molecule has 1 aliphatic rings. The lowest BCUT2D eigenvalue weighted by molar-refractivity contribution is 0.307. The molecule has 1 fully saturated rings. The van der Waals surface area contributed by atoms with Gasteiger partial charge >= 0.3 is 0 Å². The van der Waals surface area contributed by atoms with E-state index in [4.69, 9.17) is 17.3 Å². The summed E-state index contributed by atoms with van der Waals surface area (Å²) in [5.74, 6) is 1.06. The molecule has 0 radical (unpaired) electrons. The minimum atomic E-state index is -0.189. The molecule has 0 saturated carbocycles. The van der Waals surface area contributed by atoms with Gasteiger partial charge in [0.1, 0.15) is 5.02 Å². The highest BCUT2D eigenvalue weighted by Crippen LogP contribution is 2.29. The van der Waals surface area contributed by atoms with E-state index in [1.54, 1.807) is 6.20 Å². The second-order valence-electron chi connectivity index (χ2n) is 5.93. The summed E-state index contributed by atoms with van der Waals surface area (Å²) >= 11 is 6.29. The molecule has 1 aromatic heterocycles. The maximum absolute atomic E-state index is 12.3. The van der Waals surface area contributed by atoms with Crippen LogP contribution in [-0.4, -0.2) is 29.4 Å². The van der Waals surface area contributed by atoms with Crippen molar-refractivity contribution in [2.75, 3.05) is 24.5 Å². The van der Waals surface area contributed by atoms with Crippen LogP contribution in [0.3, 0.4) is 0 Å². The summed E-state index contributed by atoms with van der Waals surface area (Å²) in [6.45, 7) is 7.35. The van der Waals surface area contributed by atoms with Gasteiger partial charge in [0.05, 0.1) is 11.9 Å². The third kappa shape index (κ3) is 3.58. The van der Waals surface area contributed by atoms with Crippen molar-refractivity contribution in [1.82, 2.24) is 9.78 Å². The van der Waals surface area contributed by atoms with Crippen LogP contribution in [0.25, 0.3) is 0 Å². The molecule has 2 heterocycles. The van der Waals surface area contributed by atoms with Crippen LogP contribution >= 0.6 is 11.6 Å². The molecule has 0 spiro atoms. The largest absolute Gasteiger partial charge is 0.369 e. The smallest absolute Gasteiger partial charge is 0.287 e. The predicted molar refractivity (Wildman–Crippen MR) is 87.0 cm³/mol. The van der Waals surface area contributed by atoms with Crippen molar-refractivity contribution >= 4 is 17.3 Å². The number of piperidine rings is 1. The van der Waals surface area contributed by atoms with Crippen LogP contribution < -0.4 is 16.2 Å². The minimum absolute atomic E-state index is 0.189. The molecule has 1 saturated heterocycles. The zero-order valence-corrected chi connectivity index (χ0v) is 13.6. The Balaban J connectivity index is 2.21. The van der Waals surface area contributed by atoms with E-state index in [2.05, 4.69) is 23.8 Å². The fourth-order valence-corrected chi connectivity index (χ4v) is 3.08. The molecule has 1 aliphatic heterocycles. The van der Waals surface area contributed by atoms with Crippen molar-refractivity contribution in [1.29, 1.82) is 0 Å². The van der Waals surface area contributed by atoms with Crippen molar-refractivity contribution in [2.24, 2.45) is 17.6 Å². The summed E-state index contributed by atoms with van der Waals surface area (Å²) in [4.78, 5) is 14.4. The number of halogens is 1. The minimum Gasteiger partial charge on any atom is -0.369 e. The van der Waals surface area contributed by atoms with E-state index in [-0.39, 0.29) is 10.6 Å². The Hall–Kier alpha value is -1.07. The normalized spacial score (nSPS) is 22.6. The van der Waals surface area contributed by atoms with Crippen molar-refractivity contribution < 1.29 is 0 Å². The molecule has 118 valence electrons. The van der Waals surface area contributed by atoms with Gasteiger partial charge in [0.25, 0.3) is 5.56 Å². The van der Waals surface area contributed by atoms with E-state index >= 15 is 0 Å². The number of hydrogen-bond donors (Lipinski definition) is 1. The van der Waals surface area contributed by atoms with Gasteiger partial charge in [-0.3, -0.25) is 4.79 Å². The lowest BCUT2D eigenvalue weighted by atomic mass is 9.87. The van der Waals surface area contributed by atoms with E-state index < -0.39 is 0 Å². The summed E-state index contributed by atoms with van der Waals surface area (Å²) in [7, 11) is 0. The zero-order chi connectivity index (χ0) is 15.4. The van der Waals surface area contributed by atoms with Gasteiger partial charge in [-0.05, 0) is 31.2 Å². The highest BCUT2D eigenvalue weighted by atomic mass is 35.5. The fraction of sp³-hybridized carbons (Fsp3) is 0.733. The molecule has 0 amide bonds. The van der Waals surface area contributed by atoms with Crippen LogP contribution in [0.2, 0.25) is 5.02 Å². The molecule has 2 unspecified atom stereocenters. The number of aryl methyl sites for hydroxylation is 1. The van der Waals surface area contributed by atoms with Gasteiger partial charge in [0.15, 0.2) is 0 Å². The number of nitrogens with zero attached hydrogens (tertiary/aromatic N) is 3.